The van der Waals surface area contributed by atoms with Crippen molar-refractivity contribution in [2.75, 3.05) is 5.32 Å². The van der Waals surface area contributed by atoms with Crippen LogP contribution in [-0.4, -0.2) is 0 Å². The van der Waals surface area contributed by atoms with Gasteiger partial charge in [0.2, 0.25) is 0 Å². The van der Waals surface area contributed by atoms with Crippen LogP contribution in [-0.2, 0) is 0 Å². The number of rotatable bonds is 2. The topological polar surface area (TPSA) is 25.2 Å². The highest BCUT2D eigenvalue weighted by atomic mass is 79.9. The third kappa shape index (κ3) is 2.23. The van der Waals surface area contributed by atoms with Crippen LogP contribution in [0.1, 0.15) is 0 Å². The van der Waals surface area contributed by atoms with E-state index in [2.05, 4.69) is 49.3 Å². The molecular weight excluding hydrogens is 406 g/mol. The van der Waals surface area contributed by atoms with Crippen molar-refractivity contribution >= 4 is 65.2 Å². The standard InChI is InChI=1S/C18H11Br2NO/c19-12-6-3-7-13(20)18(12)21-14-8-4-10-16-17(14)11-5-1-2-9-15(11)22-16/h1-10,21H. The van der Waals surface area contributed by atoms with Gasteiger partial charge < -0.3 is 9.73 Å². The van der Waals surface area contributed by atoms with Gasteiger partial charge in [0, 0.05) is 14.3 Å². The van der Waals surface area contributed by atoms with Crippen LogP contribution >= 0.6 is 31.9 Å². The molecule has 0 bridgehead atoms. The van der Waals surface area contributed by atoms with E-state index in [1.165, 1.54) is 0 Å². The fourth-order valence-electron chi connectivity index (χ4n) is 2.63. The van der Waals surface area contributed by atoms with Gasteiger partial charge in [0.25, 0.3) is 0 Å². The zero-order valence-corrected chi connectivity index (χ0v) is 14.6. The van der Waals surface area contributed by atoms with Crippen LogP contribution in [0.15, 0.2) is 74.0 Å². The number of hydrogen-bond donors (Lipinski definition) is 1. The Labute approximate surface area is 144 Å². The molecule has 4 aromatic rings. The summed E-state index contributed by atoms with van der Waals surface area (Å²) in [6.07, 6.45) is 0. The highest BCUT2D eigenvalue weighted by Crippen LogP contribution is 2.38. The monoisotopic (exact) mass is 415 g/mol. The summed E-state index contributed by atoms with van der Waals surface area (Å²) < 4.78 is 7.94. The second-order valence-electron chi connectivity index (χ2n) is 5.00. The summed E-state index contributed by atoms with van der Waals surface area (Å²) in [6, 6.07) is 20.2. The molecule has 4 rings (SSSR count). The number of para-hydroxylation sites is 2. The molecule has 22 heavy (non-hydrogen) atoms. The molecule has 0 atom stereocenters. The van der Waals surface area contributed by atoms with E-state index in [1.807, 2.05) is 48.5 Å². The molecule has 0 spiro atoms. The third-order valence-corrected chi connectivity index (χ3v) is 4.95. The van der Waals surface area contributed by atoms with E-state index in [0.717, 1.165) is 42.3 Å². The summed E-state index contributed by atoms with van der Waals surface area (Å²) in [7, 11) is 0. The fraction of sp³-hybridized carbons (Fsp3) is 0. The van der Waals surface area contributed by atoms with Crippen LogP contribution in [0.25, 0.3) is 21.9 Å². The van der Waals surface area contributed by atoms with Gasteiger partial charge in [0.1, 0.15) is 11.2 Å². The predicted molar refractivity (Wildman–Crippen MR) is 98.8 cm³/mol. The second kappa shape index (κ2) is 5.45. The number of benzene rings is 3. The van der Waals surface area contributed by atoms with Crippen molar-refractivity contribution in [2.45, 2.75) is 0 Å². The van der Waals surface area contributed by atoms with E-state index in [-0.39, 0.29) is 0 Å². The summed E-state index contributed by atoms with van der Waals surface area (Å²) in [5.41, 5.74) is 3.81. The van der Waals surface area contributed by atoms with Gasteiger partial charge in [-0.25, -0.2) is 0 Å². The quantitative estimate of drug-likeness (QED) is 0.386. The van der Waals surface area contributed by atoms with Crippen LogP contribution < -0.4 is 5.32 Å². The third-order valence-electron chi connectivity index (χ3n) is 3.62. The van der Waals surface area contributed by atoms with Gasteiger partial charge in [-0.1, -0.05) is 30.3 Å². The van der Waals surface area contributed by atoms with Crippen molar-refractivity contribution in [1.82, 2.24) is 0 Å². The molecule has 0 fully saturated rings. The minimum atomic E-state index is 0.884. The number of anilines is 2. The fourth-order valence-corrected chi connectivity index (χ4v) is 3.83. The molecule has 3 aromatic carbocycles. The maximum atomic E-state index is 5.93. The molecule has 0 aliphatic rings. The largest absolute Gasteiger partial charge is 0.456 e. The summed E-state index contributed by atoms with van der Waals surface area (Å²) in [6.45, 7) is 0. The lowest BCUT2D eigenvalue weighted by molar-refractivity contribution is 0.669. The molecule has 108 valence electrons. The molecule has 0 radical (unpaired) electrons. The molecule has 0 aliphatic carbocycles. The van der Waals surface area contributed by atoms with Crippen LogP contribution in [0, 0.1) is 0 Å². The van der Waals surface area contributed by atoms with Gasteiger partial charge in [-0.3, -0.25) is 0 Å². The molecule has 1 N–H and O–H groups in total. The van der Waals surface area contributed by atoms with Crippen molar-refractivity contribution in [1.29, 1.82) is 0 Å². The molecule has 0 saturated carbocycles. The average molecular weight is 417 g/mol. The minimum Gasteiger partial charge on any atom is -0.456 e. The first-order valence-electron chi connectivity index (χ1n) is 6.85. The first-order chi connectivity index (χ1) is 10.7. The molecule has 1 aromatic heterocycles. The number of halogens is 2. The Bertz CT molecular complexity index is 971. The molecule has 2 nitrogen and oxygen atoms in total. The van der Waals surface area contributed by atoms with Gasteiger partial charge in [0.15, 0.2) is 0 Å². The SMILES string of the molecule is Brc1cccc(Br)c1Nc1cccc2oc3ccccc3c12. The lowest BCUT2D eigenvalue weighted by atomic mass is 10.1. The molecule has 0 saturated heterocycles. The van der Waals surface area contributed by atoms with Gasteiger partial charge in [-0.05, 0) is 62.2 Å². The van der Waals surface area contributed by atoms with Crippen molar-refractivity contribution in [3.05, 3.63) is 69.6 Å². The number of fused-ring (bicyclic) bond motifs is 3. The normalized spacial score (nSPS) is 11.2. The van der Waals surface area contributed by atoms with Gasteiger partial charge in [-0.15, -0.1) is 0 Å². The van der Waals surface area contributed by atoms with Crippen molar-refractivity contribution in [3.8, 4) is 0 Å². The average Bonchev–Trinajstić information content (AvgIpc) is 2.90. The molecular formula is C18H11Br2NO. The van der Waals surface area contributed by atoms with E-state index in [9.17, 15) is 0 Å². The minimum absolute atomic E-state index is 0.884. The van der Waals surface area contributed by atoms with Crippen molar-refractivity contribution < 1.29 is 4.42 Å². The lowest BCUT2D eigenvalue weighted by Gasteiger charge is -2.11. The van der Waals surface area contributed by atoms with Crippen LogP contribution in [0.4, 0.5) is 11.4 Å². The number of furan rings is 1. The Morgan fingerprint density at radius 2 is 1.41 bits per heavy atom. The predicted octanol–water partition coefficient (Wildman–Crippen LogP) is 6.85. The molecule has 0 aliphatic heterocycles. The van der Waals surface area contributed by atoms with Crippen LogP contribution in [0.3, 0.4) is 0 Å². The zero-order chi connectivity index (χ0) is 15.1. The van der Waals surface area contributed by atoms with Crippen molar-refractivity contribution in [2.24, 2.45) is 0 Å². The first-order valence-corrected chi connectivity index (χ1v) is 8.44. The molecule has 0 unspecified atom stereocenters. The maximum absolute atomic E-state index is 5.93. The van der Waals surface area contributed by atoms with Crippen molar-refractivity contribution in [3.63, 3.8) is 0 Å². The summed E-state index contributed by atoms with van der Waals surface area (Å²) in [5, 5.41) is 5.72. The van der Waals surface area contributed by atoms with Gasteiger partial charge >= 0.3 is 0 Å². The summed E-state index contributed by atoms with van der Waals surface area (Å²) in [5.74, 6) is 0. The Morgan fingerprint density at radius 3 is 2.23 bits per heavy atom. The van der Waals surface area contributed by atoms with E-state index >= 15 is 0 Å². The highest BCUT2D eigenvalue weighted by molar-refractivity contribution is 9.11. The summed E-state index contributed by atoms with van der Waals surface area (Å²) >= 11 is 7.19. The molecule has 0 amide bonds. The van der Waals surface area contributed by atoms with Gasteiger partial charge in [-0.2, -0.15) is 0 Å². The van der Waals surface area contributed by atoms with Crippen LogP contribution in [0.2, 0.25) is 0 Å². The second-order valence-corrected chi connectivity index (χ2v) is 6.71. The summed E-state index contributed by atoms with van der Waals surface area (Å²) in [4.78, 5) is 0. The maximum Gasteiger partial charge on any atom is 0.137 e. The van der Waals surface area contributed by atoms with E-state index in [0.29, 0.717) is 0 Å². The Kier molecular flexibility index (Phi) is 3.43. The first kappa shape index (κ1) is 13.9. The Morgan fingerprint density at radius 1 is 0.727 bits per heavy atom. The lowest BCUT2D eigenvalue weighted by Crippen LogP contribution is -1.93. The zero-order valence-electron chi connectivity index (χ0n) is 11.4. The van der Waals surface area contributed by atoms with E-state index in [1.54, 1.807) is 0 Å². The Hall–Kier alpha value is -1.78. The highest BCUT2D eigenvalue weighted by Gasteiger charge is 2.12. The molecule has 1 heterocycles. The van der Waals surface area contributed by atoms with E-state index in [4.69, 9.17) is 4.42 Å². The number of hydrogen-bond acceptors (Lipinski definition) is 2. The Balaban J connectivity index is 1.95. The van der Waals surface area contributed by atoms with Gasteiger partial charge in [0.05, 0.1) is 16.8 Å². The smallest absolute Gasteiger partial charge is 0.137 e. The number of nitrogens with one attached hydrogen (secondary N) is 1. The van der Waals surface area contributed by atoms with Crippen LogP contribution in [0.5, 0.6) is 0 Å². The molecule has 4 heteroatoms. The van der Waals surface area contributed by atoms with E-state index < -0.39 is 0 Å².